The van der Waals surface area contributed by atoms with E-state index in [1.54, 1.807) is 0 Å². The van der Waals surface area contributed by atoms with Crippen molar-refractivity contribution in [3.8, 4) is 0 Å². The summed E-state index contributed by atoms with van der Waals surface area (Å²) in [4.78, 5) is 2.43. The van der Waals surface area contributed by atoms with E-state index >= 15 is 0 Å². The monoisotopic (exact) mass is 300 g/mol. The van der Waals surface area contributed by atoms with Crippen LogP contribution in [0.3, 0.4) is 0 Å². The van der Waals surface area contributed by atoms with Gasteiger partial charge in [-0.1, -0.05) is 0 Å². The molecule has 0 aromatic heterocycles. The van der Waals surface area contributed by atoms with E-state index in [2.05, 4.69) is 47.7 Å². The summed E-state index contributed by atoms with van der Waals surface area (Å²) < 4.78 is 5.76. The fourth-order valence-corrected chi connectivity index (χ4v) is 5.93. The number of ether oxygens (including phenoxy) is 1. The molecular formula is C14H28N4OS. The first-order valence-electron chi connectivity index (χ1n) is 7.68. The Labute approximate surface area is 126 Å². The lowest BCUT2D eigenvalue weighted by Gasteiger charge is -2.41. The predicted molar refractivity (Wildman–Crippen MR) is 83.0 cm³/mol. The summed E-state index contributed by atoms with van der Waals surface area (Å²) >= 11 is 2.11. The zero-order chi connectivity index (χ0) is 14.4. The van der Waals surface area contributed by atoms with Gasteiger partial charge in [-0.3, -0.25) is 4.90 Å². The first-order chi connectivity index (χ1) is 9.52. The Bertz CT molecular complexity index is 358. The molecule has 0 amide bonds. The number of hydrogen-bond donors (Lipinski definition) is 1. The van der Waals surface area contributed by atoms with Gasteiger partial charge in [-0.25, -0.2) is 10.0 Å². The summed E-state index contributed by atoms with van der Waals surface area (Å²) in [6.07, 6.45) is 4.13. The highest BCUT2D eigenvalue weighted by Gasteiger charge is 2.50. The highest BCUT2D eigenvalue weighted by atomic mass is 32.2. The molecule has 2 saturated heterocycles. The number of methoxy groups -OCH3 is 1. The van der Waals surface area contributed by atoms with Gasteiger partial charge in [0.2, 0.25) is 0 Å². The largest absolute Gasteiger partial charge is 0.381 e. The lowest BCUT2D eigenvalue weighted by atomic mass is 9.83. The van der Waals surface area contributed by atoms with Crippen molar-refractivity contribution in [1.82, 2.24) is 14.9 Å². The maximum absolute atomic E-state index is 6.11. The van der Waals surface area contributed by atoms with Gasteiger partial charge in [-0.05, 0) is 33.2 Å². The number of rotatable bonds is 2. The molecule has 0 aromatic carbocycles. The van der Waals surface area contributed by atoms with Crippen LogP contribution in [-0.2, 0) is 4.74 Å². The molecule has 5 nitrogen and oxygen atoms in total. The third kappa shape index (κ3) is 2.40. The number of fused-ring (bicyclic) bond motifs is 1. The molecule has 3 aliphatic rings. The van der Waals surface area contributed by atoms with E-state index in [0.717, 1.165) is 19.4 Å². The number of nitrogens with zero attached hydrogens (tertiary/aromatic N) is 3. The molecule has 6 heteroatoms. The first kappa shape index (κ1) is 15.1. The van der Waals surface area contributed by atoms with Crippen molar-refractivity contribution in [3.63, 3.8) is 0 Å². The Morgan fingerprint density at radius 2 is 2.00 bits per heavy atom. The highest BCUT2D eigenvalue weighted by molar-refractivity contribution is 8.00. The smallest absolute Gasteiger partial charge is 0.0860 e. The van der Waals surface area contributed by atoms with Crippen LogP contribution in [0.15, 0.2) is 0 Å². The highest BCUT2D eigenvalue weighted by Crippen LogP contribution is 2.46. The van der Waals surface area contributed by atoms with Gasteiger partial charge >= 0.3 is 0 Å². The van der Waals surface area contributed by atoms with Gasteiger partial charge in [0.15, 0.2) is 0 Å². The first-order valence-corrected chi connectivity index (χ1v) is 8.62. The molecule has 1 aliphatic carbocycles. The van der Waals surface area contributed by atoms with Gasteiger partial charge in [0, 0.05) is 32.7 Å². The van der Waals surface area contributed by atoms with Crippen molar-refractivity contribution in [2.75, 3.05) is 27.7 Å². The maximum atomic E-state index is 6.11. The SMILES string of the molecule is COC1CC(N)CCC1C1SC2CN(C)C(C)N2N1C. The Kier molecular flexibility index (Phi) is 4.32. The number of hydrazine groups is 1. The van der Waals surface area contributed by atoms with Crippen LogP contribution in [-0.4, -0.2) is 71.7 Å². The minimum atomic E-state index is 0.312. The third-order valence-electron chi connectivity index (χ3n) is 5.34. The van der Waals surface area contributed by atoms with E-state index in [4.69, 9.17) is 10.5 Å². The van der Waals surface area contributed by atoms with E-state index in [-0.39, 0.29) is 0 Å². The minimum Gasteiger partial charge on any atom is -0.381 e. The van der Waals surface area contributed by atoms with Gasteiger partial charge in [-0.2, -0.15) is 0 Å². The summed E-state index contributed by atoms with van der Waals surface area (Å²) in [7, 11) is 6.30. The molecule has 2 aliphatic heterocycles. The van der Waals surface area contributed by atoms with Crippen LogP contribution in [0.2, 0.25) is 0 Å². The van der Waals surface area contributed by atoms with Crippen molar-refractivity contribution in [1.29, 1.82) is 0 Å². The molecule has 0 spiro atoms. The van der Waals surface area contributed by atoms with Crippen molar-refractivity contribution < 1.29 is 4.74 Å². The molecule has 0 aromatic rings. The van der Waals surface area contributed by atoms with E-state index in [1.165, 1.54) is 6.42 Å². The van der Waals surface area contributed by atoms with Crippen molar-refractivity contribution in [2.24, 2.45) is 11.7 Å². The molecule has 0 bridgehead atoms. The van der Waals surface area contributed by atoms with E-state index in [0.29, 0.717) is 35.0 Å². The normalized spacial score (nSPS) is 47.9. The van der Waals surface area contributed by atoms with Gasteiger partial charge in [-0.15, -0.1) is 11.8 Å². The molecule has 3 fully saturated rings. The third-order valence-corrected chi connectivity index (χ3v) is 6.95. The summed E-state index contributed by atoms with van der Waals surface area (Å²) in [5, 5.41) is 6.14. The number of thioether (sulfide) groups is 1. The summed E-state index contributed by atoms with van der Waals surface area (Å²) in [6, 6.07) is 0.317. The number of hydrogen-bond acceptors (Lipinski definition) is 6. The van der Waals surface area contributed by atoms with Crippen molar-refractivity contribution >= 4 is 11.8 Å². The molecule has 2 N–H and O–H groups in total. The second-order valence-corrected chi connectivity index (χ2v) is 7.82. The van der Waals surface area contributed by atoms with E-state index in [1.807, 2.05) is 7.11 Å². The summed E-state index contributed by atoms with van der Waals surface area (Å²) in [6.45, 7) is 3.45. The summed E-state index contributed by atoms with van der Waals surface area (Å²) in [5.41, 5.74) is 6.11. The average molecular weight is 300 g/mol. The van der Waals surface area contributed by atoms with Gasteiger partial charge in [0.05, 0.1) is 23.0 Å². The van der Waals surface area contributed by atoms with Crippen LogP contribution >= 0.6 is 11.8 Å². The van der Waals surface area contributed by atoms with Crippen LogP contribution in [0.4, 0.5) is 0 Å². The van der Waals surface area contributed by atoms with Gasteiger partial charge in [0.1, 0.15) is 0 Å². The van der Waals surface area contributed by atoms with Crippen LogP contribution < -0.4 is 5.73 Å². The molecule has 6 unspecified atom stereocenters. The van der Waals surface area contributed by atoms with Crippen LogP contribution in [0.5, 0.6) is 0 Å². The van der Waals surface area contributed by atoms with Crippen LogP contribution in [0.25, 0.3) is 0 Å². The van der Waals surface area contributed by atoms with E-state index < -0.39 is 0 Å². The molecule has 116 valence electrons. The zero-order valence-corrected chi connectivity index (χ0v) is 13.8. The Morgan fingerprint density at radius 1 is 1.25 bits per heavy atom. The second-order valence-electron chi connectivity index (χ2n) is 6.52. The maximum Gasteiger partial charge on any atom is 0.0860 e. The zero-order valence-electron chi connectivity index (χ0n) is 13.0. The Morgan fingerprint density at radius 3 is 2.65 bits per heavy atom. The van der Waals surface area contributed by atoms with Crippen LogP contribution in [0.1, 0.15) is 26.2 Å². The molecule has 1 saturated carbocycles. The summed E-state index contributed by atoms with van der Waals surface area (Å²) in [5.74, 6) is 0.595. The average Bonchev–Trinajstić information content (AvgIpc) is 2.88. The van der Waals surface area contributed by atoms with Crippen molar-refractivity contribution in [3.05, 3.63) is 0 Å². The molecule has 20 heavy (non-hydrogen) atoms. The molecule has 0 radical (unpaired) electrons. The fourth-order valence-electron chi connectivity index (χ4n) is 4.04. The minimum absolute atomic E-state index is 0.312. The lowest BCUT2D eigenvalue weighted by molar-refractivity contribution is -0.0734. The van der Waals surface area contributed by atoms with Crippen LogP contribution in [0, 0.1) is 5.92 Å². The predicted octanol–water partition coefficient (Wildman–Crippen LogP) is 0.968. The topological polar surface area (TPSA) is 45.0 Å². The Hall–Kier alpha value is 0.150. The molecule has 2 heterocycles. The fraction of sp³-hybridized carbons (Fsp3) is 1.00. The van der Waals surface area contributed by atoms with Gasteiger partial charge in [0.25, 0.3) is 0 Å². The quantitative estimate of drug-likeness (QED) is 0.820. The number of nitrogens with two attached hydrogens (primary N) is 1. The van der Waals surface area contributed by atoms with Gasteiger partial charge < -0.3 is 10.5 Å². The lowest BCUT2D eigenvalue weighted by Crippen LogP contribution is -2.50. The van der Waals surface area contributed by atoms with E-state index in [9.17, 15) is 0 Å². The molecular weight excluding hydrogens is 272 g/mol. The number of likely N-dealkylation sites (N-methyl/N-ethyl adjacent to an activating group) is 1. The standard InChI is InChI=1S/C14H28N4OS/c1-9-16(2)8-13-18(9)17(3)14(20-13)11-6-5-10(15)7-12(11)19-4/h9-14H,5-8,15H2,1-4H3. The van der Waals surface area contributed by atoms with Crippen molar-refractivity contribution in [2.45, 2.75) is 55.2 Å². The second kappa shape index (κ2) is 5.74. The molecule has 3 rings (SSSR count). The Balaban J connectivity index is 1.72. The molecule has 6 atom stereocenters.